The average Bonchev–Trinajstić information content (AvgIpc) is 0.893. The number of amides is 12. The zero-order valence-corrected chi connectivity index (χ0v) is 67.1. The zero-order valence-electron chi connectivity index (χ0n) is 65.6. The molecule has 6 rings (SSSR count). The Hall–Kier alpha value is -6.33. The Balaban J connectivity index is 1.49. The molecular formula is C75H121Cl2F3N12O14. The fraction of sp³-hybridized carbons (Fsp3) is 0.813. The fourth-order valence-electron chi connectivity index (χ4n) is 16.2. The number of carbonyl (C=O) groups is 12. The summed E-state index contributed by atoms with van der Waals surface area (Å²) in [4.78, 5) is 192. The van der Waals surface area contributed by atoms with E-state index in [9.17, 15) is 41.9 Å². The van der Waals surface area contributed by atoms with Gasteiger partial charge >= 0.3 is 6.18 Å². The molecule has 106 heavy (non-hydrogen) atoms. The van der Waals surface area contributed by atoms with Crippen molar-refractivity contribution in [1.82, 2.24) is 60.0 Å². The number of likely N-dealkylation sites (N-methyl/N-ethyl adjacent to an activating group) is 7. The molecule has 3 N–H and O–H groups in total. The highest BCUT2D eigenvalue weighted by Crippen LogP contribution is 2.50. The van der Waals surface area contributed by atoms with Crippen LogP contribution in [0.5, 0.6) is 0 Å². The summed E-state index contributed by atoms with van der Waals surface area (Å²) >= 11 is 13.3. The Morgan fingerprint density at radius 1 is 0.670 bits per heavy atom. The standard InChI is InChI=1S/C75H121Cl2F3N12O14/c1-18-45(4)62-70(103)86(13)41-61(95)87(14)53-24-22-21-23-33-91(69(53)102)56(35-47-25-29-48(30-26-47)75(78,79)80)67(100)85(12)40-59(93)81-52(32-28-46-27-31-50(76)51(77)34-46)65(98)92-39-49(106-20-3)36-54(92)64(97)83-74(43-73(8,9)44-74)71(104)90(17)57(38-72(5,6)7)68(101)89(16)55(66(99)84(10)11)37-60(94)88(15)58(42-105-19-2)63(96)82-62/h21-22,45-58,62H,18-20,23-44H2,1-17H3,(H,81,93)(H,82,96)(H,83,97)/b22-21-/t45-,46?,47?,48?,49+,50?,51?,52-,53-,54-,55-,56-,57-,58-,62-/m0/s1. The molecule has 0 radical (unpaired) electrons. The van der Waals surface area contributed by atoms with Crippen LogP contribution in [-0.4, -0.2) is 294 Å². The summed E-state index contributed by atoms with van der Waals surface area (Å²) in [6, 6.07) is -10.8. The third-order valence-corrected chi connectivity index (χ3v) is 23.7. The molecule has 5 fully saturated rings. The number of hydrogen-bond acceptors (Lipinski definition) is 14. The number of nitrogens with one attached hydrogen (secondary N) is 3. The smallest absolute Gasteiger partial charge is 0.379 e. The summed E-state index contributed by atoms with van der Waals surface area (Å²) in [5.74, 6) is -11.3. The maximum atomic E-state index is 15.7. The minimum absolute atomic E-state index is 0.0208. The van der Waals surface area contributed by atoms with Crippen molar-refractivity contribution in [3.05, 3.63) is 12.2 Å². The molecule has 3 saturated carbocycles. The van der Waals surface area contributed by atoms with Crippen LogP contribution in [0.25, 0.3) is 0 Å². The second kappa shape index (κ2) is 37.9. The molecule has 3 aliphatic heterocycles. The Bertz CT molecular complexity index is 3160. The van der Waals surface area contributed by atoms with Crippen LogP contribution in [0.1, 0.15) is 178 Å². The zero-order chi connectivity index (χ0) is 79.4. The quantitative estimate of drug-likeness (QED) is 0.133. The SMILES string of the molecule is CCOC[C@H]1C(=O)N[C@@H]([C@@H](C)CC)C(=O)N(C)CC(=O)N(C)[C@H]2C/C=C\CCN(C2=O)[C@@H](CC2CCC(C(F)(F)F)CC2)C(=O)N(C)CC(=O)N[C@@H](CCC2CCC(Cl)C(Cl)C2)C(=O)N2C[C@H](OCC)C[C@H]2C(=O)NC2(CC(C)(C)C2)C(=O)N(C)[C@@H](CC(C)(C)C)C(=O)N(C)[C@H](C(=O)N(C)C)CC(=O)N1C. The molecule has 3 aliphatic carbocycles. The lowest BCUT2D eigenvalue weighted by Gasteiger charge is -2.54. The Labute approximate surface area is 635 Å². The maximum absolute atomic E-state index is 15.7. The monoisotopic (exact) mass is 1540 g/mol. The molecule has 3 heterocycles. The van der Waals surface area contributed by atoms with Gasteiger partial charge in [0.1, 0.15) is 53.9 Å². The molecule has 26 nitrogen and oxygen atoms in total. The van der Waals surface area contributed by atoms with Crippen molar-refractivity contribution in [2.75, 3.05) is 102 Å². The van der Waals surface area contributed by atoms with Crippen LogP contribution in [0.15, 0.2) is 12.2 Å². The maximum Gasteiger partial charge on any atom is 0.391 e. The second-order valence-corrected chi connectivity index (χ2v) is 34.0. The number of hydrogen-bond donors (Lipinski definition) is 3. The van der Waals surface area contributed by atoms with Gasteiger partial charge in [-0.05, 0) is 139 Å². The average molecular weight is 1540 g/mol. The molecule has 600 valence electrons. The Kier molecular flexibility index (Phi) is 31.6. The molecule has 0 aromatic heterocycles. The van der Waals surface area contributed by atoms with Crippen molar-refractivity contribution >= 4 is 94.1 Å². The number of fused-ring (bicyclic) bond motifs is 3. The van der Waals surface area contributed by atoms with E-state index in [1.54, 1.807) is 39.8 Å². The predicted molar refractivity (Wildman–Crippen MR) is 394 cm³/mol. The summed E-state index contributed by atoms with van der Waals surface area (Å²) in [5, 5.41) is 8.12. The minimum Gasteiger partial charge on any atom is -0.379 e. The van der Waals surface area contributed by atoms with Gasteiger partial charge in [-0.15, -0.1) is 23.2 Å². The van der Waals surface area contributed by atoms with Crippen molar-refractivity contribution in [3.8, 4) is 0 Å². The van der Waals surface area contributed by atoms with E-state index in [0.717, 1.165) is 24.5 Å². The van der Waals surface area contributed by atoms with Gasteiger partial charge < -0.3 is 69.5 Å². The molecule has 1 spiro atoms. The predicted octanol–water partition coefficient (Wildman–Crippen LogP) is 5.97. The van der Waals surface area contributed by atoms with Gasteiger partial charge in [0.15, 0.2) is 0 Å². The van der Waals surface area contributed by atoms with Crippen LogP contribution in [0.4, 0.5) is 13.2 Å². The molecule has 3 unspecified atom stereocenters. The van der Waals surface area contributed by atoms with Gasteiger partial charge in [-0.2, -0.15) is 13.2 Å². The van der Waals surface area contributed by atoms with Crippen LogP contribution >= 0.6 is 23.2 Å². The Morgan fingerprint density at radius 3 is 1.88 bits per heavy atom. The van der Waals surface area contributed by atoms with Crippen molar-refractivity contribution in [1.29, 1.82) is 0 Å². The van der Waals surface area contributed by atoms with Gasteiger partial charge in [0.25, 0.3) is 0 Å². The summed E-state index contributed by atoms with van der Waals surface area (Å²) in [6.45, 7) is 14.8. The number of ether oxygens (including phenoxy) is 2. The first-order valence-electron chi connectivity index (χ1n) is 37.9. The first kappa shape index (κ1) is 88.6. The number of carbonyl (C=O) groups excluding carboxylic acids is 12. The minimum atomic E-state index is -4.45. The lowest BCUT2D eigenvalue weighted by atomic mass is 9.58. The highest BCUT2D eigenvalue weighted by molar-refractivity contribution is 6.30. The topological polar surface area (TPSA) is 289 Å². The van der Waals surface area contributed by atoms with Crippen molar-refractivity contribution in [3.63, 3.8) is 0 Å². The number of alkyl halides is 5. The third-order valence-electron chi connectivity index (χ3n) is 22.6. The van der Waals surface area contributed by atoms with E-state index in [-0.39, 0.29) is 127 Å². The summed E-state index contributed by atoms with van der Waals surface area (Å²) in [7, 11) is 11.1. The molecule has 31 heteroatoms. The number of nitrogens with zero attached hydrogens (tertiary/aromatic N) is 9. The van der Waals surface area contributed by atoms with E-state index in [1.165, 1.54) is 76.0 Å². The highest BCUT2D eigenvalue weighted by Gasteiger charge is 2.59. The van der Waals surface area contributed by atoms with Gasteiger partial charge in [-0.1, -0.05) is 67.0 Å². The van der Waals surface area contributed by atoms with Crippen molar-refractivity contribution in [2.24, 2.45) is 34.5 Å². The first-order valence-corrected chi connectivity index (χ1v) is 38.8. The van der Waals surface area contributed by atoms with Crippen molar-refractivity contribution < 1.29 is 80.2 Å². The van der Waals surface area contributed by atoms with E-state index >= 15 is 28.8 Å². The highest BCUT2D eigenvalue weighted by atomic mass is 35.5. The molecule has 2 bridgehead atoms. The van der Waals surface area contributed by atoms with Crippen LogP contribution in [-0.2, 0) is 67.0 Å². The fourth-order valence-corrected chi connectivity index (χ4v) is 16.8. The van der Waals surface area contributed by atoms with Crippen molar-refractivity contribution in [2.45, 2.75) is 255 Å². The third kappa shape index (κ3) is 22.7. The normalized spacial score (nSPS) is 31.2. The van der Waals surface area contributed by atoms with E-state index < -0.39 is 185 Å². The molecule has 0 aromatic rings. The van der Waals surface area contributed by atoms with E-state index in [0.29, 0.717) is 32.1 Å². The largest absolute Gasteiger partial charge is 0.391 e. The summed E-state index contributed by atoms with van der Waals surface area (Å²) < 4.78 is 54.3. The van der Waals surface area contributed by atoms with E-state index in [2.05, 4.69) is 16.0 Å². The number of rotatable bonds is 14. The van der Waals surface area contributed by atoms with Crippen LogP contribution in [0.3, 0.4) is 0 Å². The van der Waals surface area contributed by atoms with Gasteiger partial charge in [0.2, 0.25) is 70.9 Å². The molecule has 12 amide bonds. The summed E-state index contributed by atoms with van der Waals surface area (Å²) in [5.41, 5.74) is -2.86. The second-order valence-electron chi connectivity index (χ2n) is 32.9. The molecule has 6 aliphatic rings. The lowest BCUT2D eigenvalue weighted by Crippen LogP contribution is -2.71. The lowest BCUT2D eigenvalue weighted by molar-refractivity contribution is -0.184. The Morgan fingerprint density at radius 2 is 1.30 bits per heavy atom. The van der Waals surface area contributed by atoms with Gasteiger partial charge in [0.05, 0.1) is 43.5 Å². The molecule has 0 aromatic carbocycles. The van der Waals surface area contributed by atoms with Gasteiger partial charge in [-0.3, -0.25) is 57.5 Å². The van der Waals surface area contributed by atoms with E-state index in [1.807, 2.05) is 34.6 Å². The van der Waals surface area contributed by atoms with E-state index in [4.69, 9.17) is 32.7 Å². The summed E-state index contributed by atoms with van der Waals surface area (Å²) in [6.07, 6.45) is 0.206. The van der Waals surface area contributed by atoms with Gasteiger partial charge in [-0.25, -0.2) is 0 Å². The number of halogens is 5. The molecule has 2 saturated heterocycles. The molecular weight excluding hydrogens is 1420 g/mol. The van der Waals surface area contributed by atoms with Crippen LogP contribution in [0, 0.1) is 34.5 Å². The molecule has 13 atom stereocenters. The van der Waals surface area contributed by atoms with Gasteiger partial charge in [0, 0.05) is 94.5 Å². The first-order chi connectivity index (χ1) is 49.4. The van der Waals surface area contributed by atoms with Crippen LogP contribution < -0.4 is 16.0 Å². The van der Waals surface area contributed by atoms with Crippen LogP contribution in [0.2, 0.25) is 0 Å².